The second-order valence-corrected chi connectivity index (χ2v) is 6.83. The van der Waals surface area contributed by atoms with E-state index >= 15 is 0 Å². The van der Waals surface area contributed by atoms with Crippen LogP contribution in [0.5, 0.6) is 0 Å². The van der Waals surface area contributed by atoms with Crippen molar-refractivity contribution < 1.29 is 19.1 Å². The minimum atomic E-state index is -1.22. The van der Waals surface area contributed by atoms with Crippen LogP contribution in [0.2, 0.25) is 0 Å². The minimum Gasteiger partial charge on any atom is -0.465 e. The van der Waals surface area contributed by atoms with Gasteiger partial charge in [0.25, 0.3) is 0 Å². The van der Waals surface area contributed by atoms with E-state index in [0.717, 1.165) is 11.1 Å². The molecule has 1 aromatic rings. The van der Waals surface area contributed by atoms with Crippen LogP contribution < -0.4 is 5.32 Å². The van der Waals surface area contributed by atoms with Crippen LogP contribution in [0.25, 0.3) is 0 Å². The lowest BCUT2D eigenvalue weighted by molar-refractivity contribution is -0.155. The molecule has 0 radical (unpaired) electrons. The van der Waals surface area contributed by atoms with Gasteiger partial charge in [-0.05, 0) is 38.8 Å². The van der Waals surface area contributed by atoms with Crippen molar-refractivity contribution in [1.29, 1.82) is 0 Å². The van der Waals surface area contributed by atoms with Gasteiger partial charge >= 0.3 is 5.97 Å². The molecule has 1 aromatic carbocycles. The van der Waals surface area contributed by atoms with Gasteiger partial charge in [-0.1, -0.05) is 24.3 Å². The number of amides is 2. The molecule has 0 spiro atoms. The number of nitrogens with zero attached hydrogens (tertiary/aromatic N) is 1. The normalized spacial score (nSPS) is 31.4. The van der Waals surface area contributed by atoms with Gasteiger partial charge in [-0.25, -0.2) is 0 Å². The predicted octanol–water partition coefficient (Wildman–Crippen LogP) is 1.58. The van der Waals surface area contributed by atoms with Gasteiger partial charge in [0.05, 0.1) is 18.4 Å². The molecule has 2 heterocycles. The molecule has 2 fully saturated rings. The number of carbonyl (C=O) groups is 3. The first-order valence-electron chi connectivity index (χ1n) is 8.72. The Kier molecular flexibility index (Phi) is 4.41. The summed E-state index contributed by atoms with van der Waals surface area (Å²) in [5.41, 5.74) is 0.733. The lowest BCUT2D eigenvalue weighted by Crippen LogP contribution is -2.54. The topological polar surface area (TPSA) is 75.7 Å². The van der Waals surface area contributed by atoms with E-state index in [0.29, 0.717) is 6.54 Å². The summed E-state index contributed by atoms with van der Waals surface area (Å²) >= 11 is 0. The van der Waals surface area contributed by atoms with Crippen molar-refractivity contribution in [2.75, 3.05) is 13.2 Å². The Morgan fingerprint density at radius 3 is 2.52 bits per heavy atom. The maximum absolute atomic E-state index is 12.9. The zero-order valence-electron chi connectivity index (χ0n) is 15.0. The van der Waals surface area contributed by atoms with E-state index < -0.39 is 29.4 Å². The largest absolute Gasteiger partial charge is 0.465 e. The average molecular weight is 344 g/mol. The standard InChI is InChI=1S/C19H24N2O4/c1-5-21-16(22)13-14(17(21)23)19(4,18(24)25-6-2)20-15(13)12-10-8-7-9-11(12)3/h7-10,13-15,20H,5-6H2,1-4H3/t13-,14+,15-,19+/m0/s1. The molecule has 6 heteroatoms. The molecule has 134 valence electrons. The van der Waals surface area contributed by atoms with Gasteiger partial charge < -0.3 is 4.74 Å². The van der Waals surface area contributed by atoms with Gasteiger partial charge in [-0.2, -0.15) is 0 Å². The number of nitrogens with one attached hydrogen (secondary N) is 1. The van der Waals surface area contributed by atoms with E-state index in [1.807, 2.05) is 31.2 Å². The number of hydrogen-bond donors (Lipinski definition) is 1. The highest BCUT2D eigenvalue weighted by molar-refractivity contribution is 6.09. The summed E-state index contributed by atoms with van der Waals surface area (Å²) in [6.07, 6.45) is 0. The fourth-order valence-corrected chi connectivity index (χ4v) is 4.18. The van der Waals surface area contributed by atoms with Gasteiger partial charge in [-0.15, -0.1) is 0 Å². The zero-order chi connectivity index (χ0) is 18.4. The number of esters is 1. The SMILES string of the molecule is CCOC(=O)[C@]1(C)N[C@@H](c2ccccc2C)[C@H]2C(=O)N(CC)C(=O)[C@@H]21. The molecule has 2 saturated heterocycles. The third kappa shape index (κ3) is 2.47. The highest BCUT2D eigenvalue weighted by atomic mass is 16.5. The van der Waals surface area contributed by atoms with Crippen LogP contribution in [0.1, 0.15) is 37.9 Å². The van der Waals surface area contributed by atoms with Crippen molar-refractivity contribution in [3.63, 3.8) is 0 Å². The minimum absolute atomic E-state index is 0.216. The highest BCUT2D eigenvalue weighted by Gasteiger charge is 2.66. The van der Waals surface area contributed by atoms with E-state index in [9.17, 15) is 14.4 Å². The van der Waals surface area contributed by atoms with E-state index in [-0.39, 0.29) is 18.4 Å². The molecule has 3 rings (SSSR count). The van der Waals surface area contributed by atoms with Crippen molar-refractivity contribution in [3.8, 4) is 0 Å². The second kappa shape index (κ2) is 6.26. The Hall–Kier alpha value is -2.21. The molecule has 2 aliphatic rings. The fraction of sp³-hybridized carbons (Fsp3) is 0.526. The maximum atomic E-state index is 12.9. The van der Waals surface area contributed by atoms with E-state index in [4.69, 9.17) is 4.74 Å². The van der Waals surface area contributed by atoms with Gasteiger partial charge in [0, 0.05) is 12.6 Å². The first-order valence-corrected chi connectivity index (χ1v) is 8.72. The molecular formula is C19H24N2O4. The molecule has 25 heavy (non-hydrogen) atoms. The summed E-state index contributed by atoms with van der Waals surface area (Å²) in [6, 6.07) is 7.33. The highest BCUT2D eigenvalue weighted by Crippen LogP contribution is 2.49. The molecule has 0 bridgehead atoms. The molecule has 0 aromatic heterocycles. The molecule has 6 nitrogen and oxygen atoms in total. The summed E-state index contributed by atoms with van der Waals surface area (Å²) in [4.78, 5) is 39.7. The van der Waals surface area contributed by atoms with Crippen molar-refractivity contribution in [2.45, 2.75) is 39.3 Å². The smallest absolute Gasteiger partial charge is 0.326 e. The van der Waals surface area contributed by atoms with Crippen LogP contribution >= 0.6 is 0 Å². The van der Waals surface area contributed by atoms with Gasteiger partial charge in [0.15, 0.2) is 0 Å². The Balaban J connectivity index is 2.11. The van der Waals surface area contributed by atoms with Crippen molar-refractivity contribution in [2.24, 2.45) is 11.8 Å². The molecule has 0 saturated carbocycles. The van der Waals surface area contributed by atoms with Crippen molar-refractivity contribution in [3.05, 3.63) is 35.4 Å². The Morgan fingerprint density at radius 2 is 1.92 bits per heavy atom. The molecule has 0 aliphatic carbocycles. The van der Waals surface area contributed by atoms with E-state index in [1.165, 1.54) is 4.90 Å². The lowest BCUT2D eigenvalue weighted by Gasteiger charge is -2.29. The van der Waals surface area contributed by atoms with Crippen LogP contribution in [0.4, 0.5) is 0 Å². The maximum Gasteiger partial charge on any atom is 0.326 e. The number of rotatable bonds is 4. The molecule has 0 unspecified atom stereocenters. The van der Waals surface area contributed by atoms with Crippen molar-refractivity contribution >= 4 is 17.8 Å². The lowest BCUT2D eigenvalue weighted by atomic mass is 9.80. The molecule has 2 aliphatic heterocycles. The fourth-order valence-electron chi connectivity index (χ4n) is 4.18. The number of benzene rings is 1. The molecule has 2 amide bonds. The zero-order valence-corrected chi connectivity index (χ0v) is 15.0. The summed E-state index contributed by atoms with van der Waals surface area (Å²) in [5.74, 6) is -2.34. The number of carbonyl (C=O) groups excluding carboxylic acids is 3. The van der Waals surface area contributed by atoms with Crippen LogP contribution in [0.3, 0.4) is 0 Å². The van der Waals surface area contributed by atoms with Crippen LogP contribution in [-0.4, -0.2) is 41.4 Å². The van der Waals surface area contributed by atoms with Crippen LogP contribution in [-0.2, 0) is 19.1 Å². The first-order chi connectivity index (χ1) is 11.9. The summed E-state index contributed by atoms with van der Waals surface area (Å²) in [6.45, 7) is 7.67. The van der Waals surface area contributed by atoms with E-state index in [2.05, 4.69) is 5.32 Å². The number of ether oxygens (including phenoxy) is 1. The average Bonchev–Trinajstić information content (AvgIpc) is 3.03. The number of hydrogen-bond acceptors (Lipinski definition) is 5. The number of aryl methyl sites for hydroxylation is 1. The Bertz CT molecular complexity index is 732. The molecular weight excluding hydrogens is 320 g/mol. The summed E-state index contributed by atoms with van der Waals surface area (Å²) < 4.78 is 5.22. The summed E-state index contributed by atoms with van der Waals surface area (Å²) in [7, 11) is 0. The van der Waals surface area contributed by atoms with Gasteiger partial charge in [0.1, 0.15) is 5.54 Å². The number of imide groups is 1. The monoisotopic (exact) mass is 344 g/mol. The molecule has 4 atom stereocenters. The van der Waals surface area contributed by atoms with Crippen LogP contribution in [0.15, 0.2) is 24.3 Å². The van der Waals surface area contributed by atoms with Crippen molar-refractivity contribution in [1.82, 2.24) is 10.2 Å². The van der Waals surface area contributed by atoms with E-state index in [1.54, 1.807) is 20.8 Å². The molecule has 1 N–H and O–H groups in total. The van der Waals surface area contributed by atoms with Gasteiger partial charge in [0.2, 0.25) is 11.8 Å². The number of fused-ring (bicyclic) bond motifs is 1. The third-order valence-electron chi connectivity index (χ3n) is 5.42. The Labute approximate surface area is 147 Å². The Morgan fingerprint density at radius 1 is 1.24 bits per heavy atom. The second-order valence-electron chi connectivity index (χ2n) is 6.83. The first kappa shape index (κ1) is 17.6. The predicted molar refractivity (Wildman–Crippen MR) is 91.5 cm³/mol. The van der Waals surface area contributed by atoms with Gasteiger partial charge in [-0.3, -0.25) is 24.6 Å². The third-order valence-corrected chi connectivity index (χ3v) is 5.42. The quantitative estimate of drug-likeness (QED) is 0.663. The summed E-state index contributed by atoms with van der Waals surface area (Å²) in [5, 5.41) is 3.27. The number of likely N-dealkylation sites (tertiary alicyclic amines) is 1. The van der Waals surface area contributed by atoms with Crippen LogP contribution in [0, 0.1) is 18.8 Å².